The molecule has 88 valence electrons. The Kier molecular flexibility index (Phi) is 3.79. The molecular formula is C14H12FIO. The third kappa shape index (κ3) is 2.66. The minimum absolute atomic E-state index is 0.292. The molecule has 1 N–H and O–H groups in total. The summed E-state index contributed by atoms with van der Waals surface area (Å²) in [5.74, 6) is -0.292. The zero-order chi connectivity index (χ0) is 12.4. The highest BCUT2D eigenvalue weighted by molar-refractivity contribution is 14.1. The van der Waals surface area contributed by atoms with E-state index in [0.29, 0.717) is 5.56 Å². The van der Waals surface area contributed by atoms with Crippen LogP contribution in [0.25, 0.3) is 0 Å². The van der Waals surface area contributed by atoms with Crippen LogP contribution in [-0.2, 0) is 0 Å². The van der Waals surface area contributed by atoms with Gasteiger partial charge in [0.25, 0.3) is 0 Å². The van der Waals surface area contributed by atoms with Gasteiger partial charge in [0.05, 0.1) is 0 Å². The molecule has 0 fully saturated rings. The fraction of sp³-hybridized carbons (Fsp3) is 0.143. The lowest BCUT2D eigenvalue weighted by Gasteiger charge is -2.14. The molecule has 0 aromatic heterocycles. The zero-order valence-corrected chi connectivity index (χ0v) is 11.5. The van der Waals surface area contributed by atoms with Crippen molar-refractivity contribution in [1.29, 1.82) is 0 Å². The van der Waals surface area contributed by atoms with E-state index in [-0.39, 0.29) is 5.82 Å². The molecular weight excluding hydrogens is 330 g/mol. The Morgan fingerprint density at radius 2 is 1.76 bits per heavy atom. The van der Waals surface area contributed by atoms with Crippen molar-refractivity contribution >= 4 is 22.6 Å². The lowest BCUT2D eigenvalue weighted by molar-refractivity contribution is 0.219. The fourth-order valence-corrected chi connectivity index (χ4v) is 2.36. The van der Waals surface area contributed by atoms with Gasteiger partial charge >= 0.3 is 0 Å². The number of hydrogen-bond acceptors (Lipinski definition) is 1. The van der Waals surface area contributed by atoms with Gasteiger partial charge in [-0.15, -0.1) is 0 Å². The second-order valence-corrected chi connectivity index (χ2v) is 5.01. The molecule has 2 aromatic carbocycles. The third-order valence-corrected chi connectivity index (χ3v) is 4.18. The summed E-state index contributed by atoms with van der Waals surface area (Å²) < 4.78 is 13.9. The molecule has 0 amide bonds. The maximum Gasteiger partial charge on any atom is 0.123 e. The Hall–Kier alpha value is -0.940. The van der Waals surface area contributed by atoms with E-state index >= 15 is 0 Å². The van der Waals surface area contributed by atoms with Crippen LogP contribution >= 0.6 is 22.6 Å². The molecule has 2 aromatic rings. The molecule has 0 aliphatic rings. The number of benzene rings is 2. The van der Waals surface area contributed by atoms with Gasteiger partial charge in [0.15, 0.2) is 0 Å². The highest BCUT2D eigenvalue weighted by Crippen LogP contribution is 2.27. The maximum atomic E-state index is 12.8. The van der Waals surface area contributed by atoms with Crippen LogP contribution in [0.3, 0.4) is 0 Å². The van der Waals surface area contributed by atoms with E-state index < -0.39 is 6.10 Å². The summed E-state index contributed by atoms with van der Waals surface area (Å²) in [4.78, 5) is 0. The van der Waals surface area contributed by atoms with Crippen molar-refractivity contribution in [3.05, 3.63) is 68.5 Å². The monoisotopic (exact) mass is 342 g/mol. The second-order valence-electron chi connectivity index (χ2n) is 3.93. The molecule has 0 aliphatic carbocycles. The van der Waals surface area contributed by atoms with Crippen molar-refractivity contribution in [3.63, 3.8) is 0 Å². The van der Waals surface area contributed by atoms with Crippen molar-refractivity contribution in [3.8, 4) is 0 Å². The highest BCUT2D eigenvalue weighted by atomic mass is 127. The van der Waals surface area contributed by atoms with Crippen molar-refractivity contribution in [2.45, 2.75) is 13.0 Å². The molecule has 0 bridgehead atoms. The first-order valence-corrected chi connectivity index (χ1v) is 6.36. The number of aryl methyl sites for hydroxylation is 1. The maximum absolute atomic E-state index is 12.8. The summed E-state index contributed by atoms with van der Waals surface area (Å²) in [6.07, 6.45) is -0.706. The minimum Gasteiger partial charge on any atom is -0.384 e. The van der Waals surface area contributed by atoms with Crippen molar-refractivity contribution in [1.82, 2.24) is 0 Å². The van der Waals surface area contributed by atoms with Crippen LogP contribution in [0.4, 0.5) is 4.39 Å². The van der Waals surface area contributed by atoms with Crippen LogP contribution in [0, 0.1) is 16.3 Å². The first kappa shape index (κ1) is 12.5. The first-order valence-electron chi connectivity index (χ1n) is 5.28. The largest absolute Gasteiger partial charge is 0.384 e. The van der Waals surface area contributed by atoms with Crippen LogP contribution in [0.5, 0.6) is 0 Å². The van der Waals surface area contributed by atoms with Crippen LogP contribution in [0.15, 0.2) is 42.5 Å². The van der Waals surface area contributed by atoms with E-state index in [1.807, 2.05) is 25.1 Å². The third-order valence-electron chi connectivity index (χ3n) is 2.70. The summed E-state index contributed by atoms with van der Waals surface area (Å²) >= 11 is 2.22. The Bertz CT molecular complexity index is 522. The van der Waals surface area contributed by atoms with Gasteiger partial charge in [0.1, 0.15) is 11.9 Å². The summed E-state index contributed by atoms with van der Waals surface area (Å²) in [5.41, 5.74) is 2.69. The summed E-state index contributed by atoms with van der Waals surface area (Å²) in [5, 5.41) is 10.3. The molecule has 3 heteroatoms. The number of aliphatic hydroxyl groups is 1. The van der Waals surface area contributed by atoms with Crippen molar-refractivity contribution in [2.24, 2.45) is 0 Å². The van der Waals surface area contributed by atoms with Gasteiger partial charge in [-0.25, -0.2) is 4.39 Å². The Morgan fingerprint density at radius 3 is 2.41 bits per heavy atom. The van der Waals surface area contributed by atoms with E-state index in [1.54, 1.807) is 12.1 Å². The molecule has 2 rings (SSSR count). The standard InChI is InChI=1S/C14H12FIO/c1-9-3-2-4-12(13(9)16)14(17)10-5-7-11(15)8-6-10/h2-8,14,17H,1H3. The van der Waals surface area contributed by atoms with Crippen LogP contribution in [0.2, 0.25) is 0 Å². The number of hydrogen-bond donors (Lipinski definition) is 1. The lowest BCUT2D eigenvalue weighted by atomic mass is 10.00. The number of halogens is 2. The molecule has 0 radical (unpaired) electrons. The molecule has 17 heavy (non-hydrogen) atoms. The summed E-state index contributed by atoms with van der Waals surface area (Å²) in [7, 11) is 0. The molecule has 0 aliphatic heterocycles. The van der Waals surface area contributed by atoms with E-state index in [2.05, 4.69) is 22.6 Å². The molecule has 0 heterocycles. The van der Waals surface area contributed by atoms with E-state index in [4.69, 9.17) is 0 Å². The molecule has 1 nitrogen and oxygen atoms in total. The van der Waals surface area contributed by atoms with Gasteiger partial charge in [0, 0.05) is 3.57 Å². The Morgan fingerprint density at radius 1 is 1.12 bits per heavy atom. The van der Waals surface area contributed by atoms with Gasteiger partial charge < -0.3 is 5.11 Å². The molecule has 0 saturated carbocycles. The van der Waals surface area contributed by atoms with E-state index in [1.165, 1.54) is 12.1 Å². The fourth-order valence-electron chi connectivity index (χ4n) is 1.71. The van der Waals surface area contributed by atoms with Gasteiger partial charge in [-0.05, 0) is 58.3 Å². The van der Waals surface area contributed by atoms with Gasteiger partial charge in [-0.3, -0.25) is 0 Å². The average Bonchev–Trinajstić information content (AvgIpc) is 2.33. The molecule has 0 spiro atoms. The number of rotatable bonds is 2. The zero-order valence-electron chi connectivity index (χ0n) is 9.32. The van der Waals surface area contributed by atoms with Crippen LogP contribution in [0.1, 0.15) is 22.8 Å². The van der Waals surface area contributed by atoms with E-state index in [0.717, 1.165) is 14.7 Å². The Balaban J connectivity index is 2.40. The SMILES string of the molecule is Cc1cccc(C(O)c2ccc(F)cc2)c1I. The van der Waals surface area contributed by atoms with Crippen molar-refractivity contribution < 1.29 is 9.50 Å². The normalized spacial score (nSPS) is 12.5. The van der Waals surface area contributed by atoms with Crippen molar-refractivity contribution in [2.75, 3.05) is 0 Å². The van der Waals surface area contributed by atoms with Crippen LogP contribution < -0.4 is 0 Å². The minimum atomic E-state index is -0.706. The van der Waals surface area contributed by atoms with Crippen LogP contribution in [-0.4, -0.2) is 5.11 Å². The smallest absolute Gasteiger partial charge is 0.123 e. The summed E-state index contributed by atoms with van der Waals surface area (Å²) in [6.45, 7) is 2.00. The van der Waals surface area contributed by atoms with E-state index in [9.17, 15) is 9.50 Å². The van der Waals surface area contributed by atoms with Gasteiger partial charge in [-0.1, -0.05) is 30.3 Å². The topological polar surface area (TPSA) is 20.2 Å². The predicted octanol–water partition coefficient (Wildman–Crippen LogP) is 3.82. The number of aliphatic hydroxyl groups excluding tert-OH is 1. The first-order chi connectivity index (χ1) is 8.09. The Labute approximate surface area is 113 Å². The molecule has 1 atom stereocenters. The lowest BCUT2D eigenvalue weighted by Crippen LogP contribution is -2.03. The second kappa shape index (κ2) is 5.14. The molecule has 0 saturated heterocycles. The average molecular weight is 342 g/mol. The predicted molar refractivity (Wildman–Crippen MR) is 74.4 cm³/mol. The van der Waals surface area contributed by atoms with Gasteiger partial charge in [-0.2, -0.15) is 0 Å². The molecule has 1 unspecified atom stereocenters. The quantitative estimate of drug-likeness (QED) is 0.823. The highest BCUT2D eigenvalue weighted by Gasteiger charge is 2.14. The van der Waals surface area contributed by atoms with Gasteiger partial charge in [0.2, 0.25) is 0 Å². The summed E-state index contributed by atoms with van der Waals surface area (Å²) in [6, 6.07) is 11.8.